The summed E-state index contributed by atoms with van der Waals surface area (Å²) in [6.07, 6.45) is 1.35. The number of rotatable bonds is 7. The van der Waals surface area contributed by atoms with Gasteiger partial charge in [-0.2, -0.15) is 18.2 Å². The normalized spacial score (nSPS) is 17.4. The highest BCUT2D eigenvalue weighted by molar-refractivity contribution is 5.95. The fourth-order valence-corrected chi connectivity index (χ4v) is 5.09. The number of carbonyl (C=O) groups excluding carboxylic acids is 1. The van der Waals surface area contributed by atoms with Gasteiger partial charge < -0.3 is 25.2 Å². The zero-order valence-corrected chi connectivity index (χ0v) is 21.3. The number of aryl methyl sites for hydroxylation is 1. The zero-order chi connectivity index (χ0) is 27.6. The lowest BCUT2D eigenvalue weighted by molar-refractivity contribution is -0.139. The largest absolute Gasteiger partial charge is 0.495 e. The Labute approximate surface area is 223 Å². The maximum absolute atomic E-state index is 13.8. The Bertz CT molecular complexity index is 1360. The first-order chi connectivity index (χ1) is 18.7. The Morgan fingerprint density at radius 2 is 1.87 bits per heavy atom. The molecule has 1 amide bonds. The van der Waals surface area contributed by atoms with E-state index in [-0.39, 0.29) is 23.6 Å². The van der Waals surface area contributed by atoms with Crippen LogP contribution in [0.15, 0.2) is 42.6 Å². The lowest BCUT2D eigenvalue weighted by Crippen LogP contribution is -2.36. The number of nitrogens with zero attached hydrogens (tertiary/aromatic N) is 2. The second-order valence-electron chi connectivity index (χ2n) is 9.74. The van der Waals surface area contributed by atoms with Gasteiger partial charge >= 0.3 is 6.18 Å². The number of hydrogen-bond donors (Lipinski definition) is 3. The van der Waals surface area contributed by atoms with E-state index in [1.54, 1.807) is 30.3 Å². The van der Waals surface area contributed by atoms with Crippen LogP contribution in [0.1, 0.15) is 71.7 Å². The molecule has 0 saturated heterocycles. The summed E-state index contributed by atoms with van der Waals surface area (Å²) in [5, 5.41) is 16.2. The summed E-state index contributed by atoms with van der Waals surface area (Å²) in [7, 11) is 1.42. The number of carbonyl (C=O) groups is 1. The van der Waals surface area contributed by atoms with Crippen LogP contribution < -0.4 is 20.1 Å². The van der Waals surface area contributed by atoms with Crippen LogP contribution in [0.5, 0.6) is 17.4 Å². The van der Waals surface area contributed by atoms with E-state index in [0.717, 1.165) is 31.2 Å². The predicted molar refractivity (Wildman–Crippen MR) is 137 cm³/mol. The Kier molecular flexibility index (Phi) is 7.60. The van der Waals surface area contributed by atoms with Gasteiger partial charge in [0.05, 0.1) is 18.9 Å². The molecule has 2 aromatic carbocycles. The first kappa shape index (κ1) is 26.7. The van der Waals surface area contributed by atoms with E-state index < -0.39 is 23.7 Å². The van der Waals surface area contributed by atoms with Gasteiger partial charge in [-0.25, -0.2) is 4.98 Å². The fourth-order valence-electron chi connectivity index (χ4n) is 5.09. The van der Waals surface area contributed by atoms with Crippen molar-refractivity contribution in [1.29, 1.82) is 0 Å². The van der Waals surface area contributed by atoms with E-state index in [1.165, 1.54) is 19.6 Å². The molecule has 0 spiro atoms. The number of nitrogens with one attached hydrogen (secondary N) is 2. The second-order valence-corrected chi connectivity index (χ2v) is 9.74. The highest BCUT2D eigenvalue weighted by Gasteiger charge is 2.37. The van der Waals surface area contributed by atoms with Gasteiger partial charge in [-0.15, -0.1) is 0 Å². The quantitative estimate of drug-likeness (QED) is 0.332. The minimum Gasteiger partial charge on any atom is -0.495 e. The van der Waals surface area contributed by atoms with Crippen molar-refractivity contribution >= 4 is 17.5 Å². The number of hydrogen-bond acceptors (Lipinski definition) is 7. The number of aliphatic hydroxyl groups excluding tert-OH is 1. The summed E-state index contributed by atoms with van der Waals surface area (Å²) in [6.45, 7) is 0. The number of aliphatic hydroxyl groups is 1. The number of anilines is 2. The molecule has 1 heterocycles. The van der Waals surface area contributed by atoms with Crippen LogP contribution in [0, 0.1) is 0 Å². The van der Waals surface area contributed by atoms with E-state index in [9.17, 15) is 23.1 Å². The van der Waals surface area contributed by atoms with E-state index in [4.69, 9.17) is 9.47 Å². The van der Waals surface area contributed by atoms with Gasteiger partial charge in [0.1, 0.15) is 17.1 Å². The molecule has 2 aliphatic rings. The van der Waals surface area contributed by atoms with Crippen LogP contribution in [0.25, 0.3) is 0 Å². The highest BCUT2D eigenvalue weighted by Crippen LogP contribution is 2.42. The van der Waals surface area contributed by atoms with Crippen molar-refractivity contribution in [2.75, 3.05) is 12.4 Å². The number of ether oxygens (including phenoxy) is 2. The summed E-state index contributed by atoms with van der Waals surface area (Å²) in [6, 6.07) is 9.84. The van der Waals surface area contributed by atoms with Crippen LogP contribution >= 0.6 is 0 Å². The molecule has 1 fully saturated rings. The number of fused-ring (bicyclic) bond motifs is 1. The Hall–Kier alpha value is -3.86. The third-order valence-corrected chi connectivity index (χ3v) is 7.09. The summed E-state index contributed by atoms with van der Waals surface area (Å²) in [5.41, 5.74) is 0.880. The Morgan fingerprint density at radius 1 is 1.08 bits per heavy atom. The molecule has 3 aromatic rings. The van der Waals surface area contributed by atoms with Crippen molar-refractivity contribution in [3.8, 4) is 17.4 Å². The summed E-state index contributed by atoms with van der Waals surface area (Å²) in [5.74, 6) is -0.676. The average molecular weight is 543 g/mol. The van der Waals surface area contributed by atoms with Crippen molar-refractivity contribution in [2.45, 2.75) is 63.3 Å². The van der Waals surface area contributed by atoms with Gasteiger partial charge in [0.15, 0.2) is 0 Å². The number of benzene rings is 2. The lowest BCUT2D eigenvalue weighted by atomic mass is 9.95. The van der Waals surface area contributed by atoms with Gasteiger partial charge in [0.2, 0.25) is 11.8 Å². The van der Waals surface area contributed by atoms with Gasteiger partial charge in [-0.1, -0.05) is 31.4 Å². The molecule has 2 aliphatic carbocycles. The van der Waals surface area contributed by atoms with Crippen LogP contribution in [-0.2, 0) is 12.6 Å². The molecule has 1 saturated carbocycles. The van der Waals surface area contributed by atoms with E-state index in [1.807, 2.05) is 0 Å². The fraction of sp³-hybridized carbons (Fsp3) is 0.393. The molecular weight excluding hydrogens is 513 g/mol. The molecule has 1 aromatic heterocycles. The third kappa shape index (κ3) is 5.93. The molecule has 5 rings (SSSR count). The third-order valence-electron chi connectivity index (χ3n) is 7.09. The number of alkyl halides is 3. The molecule has 8 nitrogen and oxygen atoms in total. The van der Waals surface area contributed by atoms with Crippen LogP contribution in [-0.4, -0.2) is 34.1 Å². The zero-order valence-electron chi connectivity index (χ0n) is 21.3. The van der Waals surface area contributed by atoms with Gasteiger partial charge in [0.25, 0.3) is 5.91 Å². The molecule has 0 radical (unpaired) electrons. The Balaban J connectivity index is 1.40. The van der Waals surface area contributed by atoms with Crippen LogP contribution in [0.3, 0.4) is 0 Å². The van der Waals surface area contributed by atoms with Crippen molar-refractivity contribution in [3.63, 3.8) is 0 Å². The standard InChI is InChI=1S/C28H29F3N4O4/c1-38-23-14-17(25(37)33-18-7-3-2-4-8-18)10-12-20(23)34-27-32-15-19(28(29,30)31)26(35-27)39-22-9-5-6-16-11-13-21(36)24(16)22/h5-6,9-10,12,14-15,18,21,36H,2-4,7-8,11,13H2,1H3,(H,33,37)(H,32,34,35). The van der Waals surface area contributed by atoms with Gasteiger partial charge in [-0.3, -0.25) is 4.79 Å². The molecule has 39 heavy (non-hydrogen) atoms. The number of aromatic nitrogens is 2. The smallest absolute Gasteiger partial charge is 0.423 e. The van der Waals surface area contributed by atoms with Crippen molar-refractivity contribution < 1.29 is 32.5 Å². The topological polar surface area (TPSA) is 106 Å². The Morgan fingerprint density at radius 3 is 2.62 bits per heavy atom. The van der Waals surface area contributed by atoms with Crippen LogP contribution in [0.4, 0.5) is 24.8 Å². The summed E-state index contributed by atoms with van der Waals surface area (Å²) >= 11 is 0. The van der Waals surface area contributed by atoms with Gasteiger partial charge in [-0.05, 0) is 55.5 Å². The highest BCUT2D eigenvalue weighted by atomic mass is 19.4. The molecular formula is C28H29F3N4O4. The maximum Gasteiger partial charge on any atom is 0.423 e. The van der Waals surface area contributed by atoms with E-state index in [2.05, 4.69) is 20.6 Å². The molecule has 206 valence electrons. The van der Waals surface area contributed by atoms with Gasteiger partial charge in [0, 0.05) is 23.4 Å². The summed E-state index contributed by atoms with van der Waals surface area (Å²) < 4.78 is 52.4. The molecule has 0 bridgehead atoms. The molecule has 0 aliphatic heterocycles. The van der Waals surface area contributed by atoms with E-state index in [0.29, 0.717) is 41.6 Å². The number of methoxy groups -OCH3 is 1. The summed E-state index contributed by atoms with van der Waals surface area (Å²) in [4.78, 5) is 20.6. The minimum atomic E-state index is -4.77. The number of amides is 1. The molecule has 1 atom stereocenters. The van der Waals surface area contributed by atoms with Crippen molar-refractivity contribution in [3.05, 3.63) is 64.8 Å². The van der Waals surface area contributed by atoms with Crippen molar-refractivity contribution in [2.24, 2.45) is 0 Å². The second kappa shape index (κ2) is 11.1. The lowest BCUT2D eigenvalue weighted by Gasteiger charge is -2.23. The first-order valence-corrected chi connectivity index (χ1v) is 12.9. The molecule has 3 N–H and O–H groups in total. The van der Waals surface area contributed by atoms with Crippen LogP contribution in [0.2, 0.25) is 0 Å². The molecule has 1 unspecified atom stereocenters. The monoisotopic (exact) mass is 542 g/mol. The number of halogens is 3. The van der Waals surface area contributed by atoms with Crippen molar-refractivity contribution in [1.82, 2.24) is 15.3 Å². The first-order valence-electron chi connectivity index (χ1n) is 12.9. The molecule has 11 heteroatoms. The average Bonchev–Trinajstić information content (AvgIpc) is 3.30. The minimum absolute atomic E-state index is 0.110. The predicted octanol–water partition coefficient (Wildman–Crippen LogP) is 6.08. The SMILES string of the molecule is COc1cc(C(=O)NC2CCCCC2)ccc1Nc1ncc(C(F)(F)F)c(Oc2cccc3c2C(O)CC3)n1. The maximum atomic E-state index is 13.8. The van der Waals surface area contributed by atoms with E-state index >= 15 is 0 Å².